The van der Waals surface area contributed by atoms with Gasteiger partial charge in [0.05, 0.1) is 0 Å². The average molecular weight is 197 g/mol. The van der Waals surface area contributed by atoms with E-state index < -0.39 is 0 Å². The number of hydrogen-bond acceptors (Lipinski definition) is 3. The number of rotatable bonds is 4. The summed E-state index contributed by atoms with van der Waals surface area (Å²) in [5.74, 6) is 0. The normalized spacial score (nSPS) is 6.46. The van der Waals surface area contributed by atoms with Gasteiger partial charge in [-0.25, -0.2) is 0 Å². The summed E-state index contributed by atoms with van der Waals surface area (Å²) in [5.41, 5.74) is 5.36. The van der Waals surface area contributed by atoms with E-state index in [1.165, 1.54) is 0 Å². The highest BCUT2D eigenvalue weighted by Gasteiger charge is 1.92. The molecule has 0 spiro atoms. The molecular weight excluding hydrogens is 162 g/mol. The molecule has 0 fully saturated rings. The van der Waals surface area contributed by atoms with Crippen molar-refractivity contribution in [3.63, 3.8) is 0 Å². The van der Waals surface area contributed by atoms with Crippen LogP contribution in [0.1, 0.15) is 44.1 Å². The molecule has 3 nitrogen and oxygen atoms in total. The average Bonchev–Trinajstić information content (AvgIpc) is 1.83. The highest BCUT2D eigenvalue weighted by Crippen LogP contribution is 1.76. The van der Waals surface area contributed by atoms with Gasteiger partial charge in [0, 0.05) is 13.3 Å². The fourth-order valence-corrected chi connectivity index (χ4v) is 0.529. The maximum atomic E-state index is 5.36. The monoisotopic (exact) mass is 197 g/mol. The standard InChI is InChI=1S/C5H15N3.5CH4/c1-3-8(4-6)5-7-2;;;;;/h7H,3-6H2,1-2H3;5*1H4. The third-order valence-electron chi connectivity index (χ3n) is 1.09. The van der Waals surface area contributed by atoms with Gasteiger partial charge in [-0.3, -0.25) is 4.90 Å². The van der Waals surface area contributed by atoms with Crippen LogP contribution in [-0.2, 0) is 0 Å². The second-order valence-corrected chi connectivity index (χ2v) is 1.68. The first-order valence-corrected chi connectivity index (χ1v) is 2.92. The molecule has 0 aromatic carbocycles. The van der Waals surface area contributed by atoms with Gasteiger partial charge in [0.2, 0.25) is 0 Å². The zero-order valence-electron chi connectivity index (χ0n) is 5.65. The van der Waals surface area contributed by atoms with Crippen LogP contribution in [0.3, 0.4) is 0 Å². The van der Waals surface area contributed by atoms with E-state index in [9.17, 15) is 0 Å². The highest BCUT2D eigenvalue weighted by molar-refractivity contribution is 4.44. The first-order valence-electron chi connectivity index (χ1n) is 2.92. The summed E-state index contributed by atoms with van der Waals surface area (Å²) in [5, 5.41) is 3.02. The van der Waals surface area contributed by atoms with Crippen LogP contribution in [0.4, 0.5) is 0 Å². The molecule has 0 saturated heterocycles. The summed E-state index contributed by atoms with van der Waals surface area (Å²) >= 11 is 0. The summed E-state index contributed by atoms with van der Waals surface area (Å²) in [6.45, 7) is 4.62. The molecule has 13 heavy (non-hydrogen) atoms. The lowest BCUT2D eigenvalue weighted by Gasteiger charge is -2.15. The fourth-order valence-electron chi connectivity index (χ4n) is 0.529. The van der Waals surface area contributed by atoms with Crippen molar-refractivity contribution in [2.45, 2.75) is 44.1 Å². The Hall–Kier alpha value is -0.120. The molecule has 0 saturated carbocycles. The molecule has 0 bridgehead atoms. The van der Waals surface area contributed by atoms with Crippen LogP contribution in [0, 0.1) is 0 Å². The summed E-state index contributed by atoms with van der Waals surface area (Å²) in [6, 6.07) is 0. The van der Waals surface area contributed by atoms with Gasteiger partial charge in [-0.05, 0) is 13.6 Å². The molecule has 0 amide bonds. The van der Waals surface area contributed by atoms with Crippen molar-refractivity contribution in [2.24, 2.45) is 5.73 Å². The molecular formula is C10H35N3. The number of nitrogens with one attached hydrogen (secondary N) is 1. The highest BCUT2D eigenvalue weighted by atomic mass is 15.2. The van der Waals surface area contributed by atoms with E-state index in [0.29, 0.717) is 6.67 Å². The molecule has 0 aliphatic rings. The van der Waals surface area contributed by atoms with Crippen molar-refractivity contribution in [1.29, 1.82) is 0 Å². The van der Waals surface area contributed by atoms with Gasteiger partial charge < -0.3 is 11.1 Å². The Morgan fingerprint density at radius 1 is 1.08 bits per heavy atom. The zero-order chi connectivity index (χ0) is 6.41. The SMILES string of the molecule is C.C.C.C.C.CCN(CN)CNC. The van der Waals surface area contributed by atoms with Crippen LogP contribution < -0.4 is 11.1 Å². The summed E-state index contributed by atoms with van der Waals surface area (Å²) in [6.07, 6.45) is 0. The van der Waals surface area contributed by atoms with Crippen LogP contribution in [-0.4, -0.2) is 31.8 Å². The van der Waals surface area contributed by atoms with Crippen LogP contribution in [0.25, 0.3) is 0 Å². The Balaban J connectivity index is -0.0000000245. The lowest BCUT2D eigenvalue weighted by molar-refractivity contribution is 0.282. The van der Waals surface area contributed by atoms with E-state index in [-0.39, 0.29) is 37.1 Å². The molecule has 3 N–H and O–H groups in total. The van der Waals surface area contributed by atoms with E-state index in [2.05, 4.69) is 17.1 Å². The molecule has 0 aliphatic heterocycles. The number of nitrogens with two attached hydrogens (primary N) is 1. The van der Waals surface area contributed by atoms with E-state index >= 15 is 0 Å². The van der Waals surface area contributed by atoms with Crippen LogP contribution >= 0.6 is 0 Å². The summed E-state index contributed by atoms with van der Waals surface area (Å²) in [4.78, 5) is 2.10. The Morgan fingerprint density at radius 3 is 1.54 bits per heavy atom. The van der Waals surface area contributed by atoms with Crippen molar-refractivity contribution in [3.8, 4) is 0 Å². The van der Waals surface area contributed by atoms with Gasteiger partial charge in [-0.2, -0.15) is 0 Å². The fraction of sp³-hybridized carbons (Fsp3) is 1.00. The van der Waals surface area contributed by atoms with Crippen molar-refractivity contribution < 1.29 is 0 Å². The first kappa shape index (κ1) is 38.4. The Labute approximate surface area is 87.7 Å². The van der Waals surface area contributed by atoms with Crippen molar-refractivity contribution in [2.75, 3.05) is 26.9 Å². The van der Waals surface area contributed by atoms with Gasteiger partial charge in [0.1, 0.15) is 0 Å². The summed E-state index contributed by atoms with van der Waals surface area (Å²) < 4.78 is 0. The van der Waals surface area contributed by atoms with Gasteiger partial charge in [-0.15, -0.1) is 0 Å². The lowest BCUT2D eigenvalue weighted by Crippen LogP contribution is -2.36. The Bertz CT molecular complexity index is 45.4. The minimum absolute atomic E-state index is 0. The molecule has 0 aromatic heterocycles. The van der Waals surface area contributed by atoms with Crippen LogP contribution in [0.5, 0.6) is 0 Å². The van der Waals surface area contributed by atoms with Gasteiger partial charge in [0.25, 0.3) is 0 Å². The largest absolute Gasteiger partial charge is 0.318 e. The third-order valence-corrected chi connectivity index (χ3v) is 1.09. The number of hydrogen-bond donors (Lipinski definition) is 2. The predicted octanol–water partition coefficient (Wildman–Crippen LogP) is 2.58. The van der Waals surface area contributed by atoms with E-state index in [1.807, 2.05) is 7.05 Å². The van der Waals surface area contributed by atoms with Gasteiger partial charge in [-0.1, -0.05) is 44.1 Å². The van der Waals surface area contributed by atoms with Gasteiger partial charge >= 0.3 is 0 Å². The van der Waals surface area contributed by atoms with Gasteiger partial charge in [0.15, 0.2) is 0 Å². The summed E-state index contributed by atoms with van der Waals surface area (Å²) in [7, 11) is 1.92. The molecule has 90 valence electrons. The Morgan fingerprint density at radius 2 is 1.46 bits per heavy atom. The van der Waals surface area contributed by atoms with Crippen molar-refractivity contribution >= 4 is 0 Å². The van der Waals surface area contributed by atoms with E-state index in [0.717, 1.165) is 13.2 Å². The van der Waals surface area contributed by atoms with Crippen molar-refractivity contribution in [1.82, 2.24) is 10.2 Å². The molecule has 0 unspecified atom stereocenters. The molecule has 3 heteroatoms. The zero-order valence-corrected chi connectivity index (χ0v) is 5.65. The minimum atomic E-state index is 0. The maximum absolute atomic E-state index is 5.36. The van der Waals surface area contributed by atoms with E-state index in [1.54, 1.807) is 0 Å². The maximum Gasteiger partial charge on any atom is 0.0489 e. The van der Waals surface area contributed by atoms with Crippen LogP contribution in [0.2, 0.25) is 0 Å². The first-order chi connectivity index (χ1) is 3.85. The molecule has 0 aromatic rings. The lowest BCUT2D eigenvalue weighted by atomic mass is 10.6. The predicted molar refractivity (Wildman–Crippen MR) is 69.0 cm³/mol. The van der Waals surface area contributed by atoms with Crippen molar-refractivity contribution in [3.05, 3.63) is 0 Å². The van der Waals surface area contributed by atoms with Crippen LogP contribution in [0.15, 0.2) is 0 Å². The quantitative estimate of drug-likeness (QED) is 0.681. The minimum Gasteiger partial charge on any atom is -0.318 e. The van der Waals surface area contributed by atoms with E-state index in [4.69, 9.17) is 5.73 Å². The second kappa shape index (κ2) is 29.7. The smallest absolute Gasteiger partial charge is 0.0489 e. The molecule has 0 atom stereocenters. The topological polar surface area (TPSA) is 41.3 Å². The molecule has 0 heterocycles. The molecule has 0 radical (unpaired) electrons. The number of nitrogens with zero attached hydrogens (tertiary/aromatic N) is 1. The Kier molecular flexibility index (Phi) is 87.8. The third kappa shape index (κ3) is 24.5. The molecule has 0 aliphatic carbocycles. The second-order valence-electron chi connectivity index (χ2n) is 1.68. The molecule has 0 rings (SSSR count).